The molecular weight excluding hydrogens is 196 g/mol. The summed E-state index contributed by atoms with van der Waals surface area (Å²) in [5.74, 6) is 6.98. The first-order valence-electron chi connectivity index (χ1n) is 3.91. The second kappa shape index (κ2) is 7.21. The van der Waals surface area contributed by atoms with Crippen LogP contribution in [0, 0.1) is 37.0 Å². The lowest BCUT2D eigenvalue weighted by Gasteiger charge is -2.23. The van der Waals surface area contributed by atoms with E-state index in [1.807, 2.05) is 0 Å². The van der Waals surface area contributed by atoms with Crippen LogP contribution < -0.4 is 0 Å². The minimum absolute atomic E-state index is 0.123. The van der Waals surface area contributed by atoms with Crippen LogP contribution in [0.4, 0.5) is 0 Å². The smallest absolute Gasteiger partial charge is 0.362 e. The van der Waals surface area contributed by atoms with Gasteiger partial charge in [-0.2, -0.15) is 0 Å². The molecule has 0 fully saturated rings. The normalized spacial score (nSPS) is 9.86. The van der Waals surface area contributed by atoms with E-state index in [-0.39, 0.29) is 19.8 Å². The Labute approximate surface area is 86.1 Å². The summed E-state index contributed by atoms with van der Waals surface area (Å²) in [5.41, 5.74) is 0. The molecule has 0 unspecified atom stereocenters. The van der Waals surface area contributed by atoms with Crippen molar-refractivity contribution in [3.05, 3.63) is 0 Å². The van der Waals surface area contributed by atoms with Crippen molar-refractivity contribution in [2.75, 3.05) is 19.8 Å². The van der Waals surface area contributed by atoms with Gasteiger partial charge in [0, 0.05) is 6.55 Å². The Hall–Kier alpha value is -1.22. The van der Waals surface area contributed by atoms with Crippen molar-refractivity contribution in [3.63, 3.8) is 0 Å². The van der Waals surface area contributed by atoms with Gasteiger partial charge in [0.1, 0.15) is 0 Å². The SMILES string of the molecule is C#CCO[Si](C)(OCC#C)OCC#C. The molecule has 0 saturated heterocycles. The molecule has 74 valence electrons. The molecule has 0 N–H and O–H groups in total. The molecule has 0 aliphatic heterocycles. The highest BCUT2D eigenvalue weighted by atomic mass is 28.4. The van der Waals surface area contributed by atoms with Gasteiger partial charge in [0.2, 0.25) is 0 Å². The summed E-state index contributed by atoms with van der Waals surface area (Å²) in [6.07, 6.45) is 15.1. The van der Waals surface area contributed by atoms with Gasteiger partial charge in [-0.05, 0) is 0 Å². The zero-order valence-corrected chi connectivity index (χ0v) is 9.08. The van der Waals surface area contributed by atoms with Gasteiger partial charge in [0.05, 0.1) is 19.8 Å². The van der Waals surface area contributed by atoms with Gasteiger partial charge in [0.15, 0.2) is 0 Å². The summed E-state index contributed by atoms with van der Waals surface area (Å²) in [6.45, 7) is 2.06. The fourth-order valence-electron chi connectivity index (χ4n) is 0.643. The molecule has 0 atom stereocenters. The largest absolute Gasteiger partial charge is 0.499 e. The summed E-state index contributed by atoms with van der Waals surface area (Å²) < 4.78 is 15.8. The Kier molecular flexibility index (Phi) is 6.58. The molecule has 4 heteroatoms. The number of rotatable bonds is 6. The lowest BCUT2D eigenvalue weighted by atomic mass is 10.8. The third-order valence-electron chi connectivity index (χ3n) is 1.25. The van der Waals surface area contributed by atoms with Gasteiger partial charge in [0.25, 0.3) is 0 Å². The Balaban J connectivity index is 4.13. The lowest BCUT2D eigenvalue weighted by molar-refractivity contribution is 0.0982. The van der Waals surface area contributed by atoms with E-state index in [1.165, 1.54) is 0 Å². The molecule has 0 radical (unpaired) electrons. The molecule has 0 heterocycles. The average molecular weight is 208 g/mol. The summed E-state index contributed by atoms with van der Waals surface area (Å²) in [5, 5.41) is 0. The molecular formula is C10H12O3Si. The van der Waals surface area contributed by atoms with Crippen molar-refractivity contribution in [1.82, 2.24) is 0 Å². The van der Waals surface area contributed by atoms with Crippen LogP contribution in [0.25, 0.3) is 0 Å². The van der Waals surface area contributed by atoms with Gasteiger partial charge in [-0.25, -0.2) is 0 Å². The van der Waals surface area contributed by atoms with Gasteiger partial charge in [-0.3, -0.25) is 0 Å². The molecule has 0 aliphatic rings. The molecule has 0 rings (SSSR count). The molecule has 0 aromatic heterocycles. The fraction of sp³-hybridized carbons (Fsp3) is 0.400. The van der Waals surface area contributed by atoms with E-state index >= 15 is 0 Å². The predicted octanol–water partition coefficient (Wildman–Crippen LogP) is 0.505. The maximum Gasteiger partial charge on any atom is 0.499 e. The molecule has 0 saturated carbocycles. The van der Waals surface area contributed by atoms with Crippen molar-refractivity contribution in [2.24, 2.45) is 0 Å². The maximum absolute atomic E-state index is 5.25. The first-order valence-corrected chi connectivity index (χ1v) is 6.13. The molecule has 0 amide bonds. The molecule has 14 heavy (non-hydrogen) atoms. The first-order chi connectivity index (χ1) is 6.68. The Morgan fingerprint density at radius 2 is 1.14 bits per heavy atom. The molecule has 0 aliphatic carbocycles. The zero-order valence-electron chi connectivity index (χ0n) is 8.08. The first kappa shape index (κ1) is 12.8. The van der Waals surface area contributed by atoms with Gasteiger partial charge in [-0.1, -0.05) is 17.8 Å². The third kappa shape index (κ3) is 5.43. The Bertz CT molecular complexity index is 234. The fourth-order valence-corrected chi connectivity index (χ4v) is 1.93. The number of hydrogen-bond acceptors (Lipinski definition) is 3. The van der Waals surface area contributed by atoms with Crippen molar-refractivity contribution in [2.45, 2.75) is 6.55 Å². The number of terminal acetylenes is 3. The molecule has 0 aromatic carbocycles. The minimum Gasteiger partial charge on any atom is -0.362 e. The molecule has 3 nitrogen and oxygen atoms in total. The van der Waals surface area contributed by atoms with Gasteiger partial charge < -0.3 is 13.3 Å². The highest BCUT2D eigenvalue weighted by Gasteiger charge is 2.34. The van der Waals surface area contributed by atoms with Crippen molar-refractivity contribution < 1.29 is 13.3 Å². The van der Waals surface area contributed by atoms with Crippen LogP contribution in [0.5, 0.6) is 0 Å². The van der Waals surface area contributed by atoms with Crippen LogP contribution in [0.1, 0.15) is 0 Å². The third-order valence-corrected chi connectivity index (χ3v) is 3.26. The van der Waals surface area contributed by atoms with E-state index in [1.54, 1.807) is 6.55 Å². The van der Waals surface area contributed by atoms with Crippen LogP contribution >= 0.6 is 0 Å². The van der Waals surface area contributed by atoms with E-state index in [9.17, 15) is 0 Å². The van der Waals surface area contributed by atoms with E-state index in [4.69, 9.17) is 32.5 Å². The summed E-state index contributed by atoms with van der Waals surface area (Å²) in [7, 11) is -2.74. The lowest BCUT2D eigenvalue weighted by Crippen LogP contribution is -2.43. The second-order valence-corrected chi connectivity index (χ2v) is 4.93. The Morgan fingerprint density at radius 1 is 0.857 bits per heavy atom. The zero-order chi connectivity index (χ0) is 10.9. The van der Waals surface area contributed by atoms with Crippen molar-refractivity contribution in [1.29, 1.82) is 0 Å². The topological polar surface area (TPSA) is 27.7 Å². The van der Waals surface area contributed by atoms with Crippen molar-refractivity contribution >= 4 is 8.80 Å². The molecule has 0 bridgehead atoms. The van der Waals surface area contributed by atoms with Crippen LogP contribution in [0.3, 0.4) is 0 Å². The number of hydrogen-bond donors (Lipinski definition) is 0. The van der Waals surface area contributed by atoms with Crippen LogP contribution in [-0.2, 0) is 13.3 Å². The summed E-state index contributed by atoms with van der Waals surface area (Å²) >= 11 is 0. The van der Waals surface area contributed by atoms with Crippen LogP contribution in [0.15, 0.2) is 0 Å². The van der Waals surface area contributed by atoms with E-state index < -0.39 is 8.80 Å². The van der Waals surface area contributed by atoms with E-state index in [2.05, 4.69) is 17.8 Å². The van der Waals surface area contributed by atoms with Crippen molar-refractivity contribution in [3.8, 4) is 37.0 Å². The van der Waals surface area contributed by atoms with E-state index in [0.717, 1.165) is 0 Å². The second-order valence-electron chi connectivity index (χ2n) is 2.34. The van der Waals surface area contributed by atoms with Crippen LogP contribution in [-0.4, -0.2) is 28.6 Å². The standard InChI is InChI=1S/C10H12O3Si/c1-5-8-11-14(4,12-9-6-2)13-10-7-3/h1-3H,8-10H2,4H3. The molecule has 0 aromatic rings. The Morgan fingerprint density at radius 3 is 1.36 bits per heavy atom. The minimum atomic E-state index is -2.74. The maximum atomic E-state index is 5.25. The monoisotopic (exact) mass is 208 g/mol. The van der Waals surface area contributed by atoms with E-state index in [0.29, 0.717) is 0 Å². The average Bonchev–Trinajstić information content (AvgIpc) is 2.21. The molecule has 0 spiro atoms. The quantitative estimate of drug-likeness (QED) is 0.470. The highest BCUT2D eigenvalue weighted by Crippen LogP contribution is 2.08. The highest BCUT2D eigenvalue weighted by molar-refractivity contribution is 6.59. The van der Waals surface area contributed by atoms with Crippen LogP contribution in [0.2, 0.25) is 6.55 Å². The predicted molar refractivity (Wildman–Crippen MR) is 56.0 cm³/mol. The summed E-state index contributed by atoms with van der Waals surface area (Å²) in [6, 6.07) is 0. The summed E-state index contributed by atoms with van der Waals surface area (Å²) in [4.78, 5) is 0. The van der Waals surface area contributed by atoms with Gasteiger partial charge >= 0.3 is 8.80 Å². The van der Waals surface area contributed by atoms with Gasteiger partial charge in [-0.15, -0.1) is 19.3 Å².